The summed E-state index contributed by atoms with van der Waals surface area (Å²) >= 11 is 0. The number of nitrogens with zero attached hydrogens (tertiary/aromatic N) is 2. The zero-order valence-corrected chi connectivity index (χ0v) is 7.15. The van der Waals surface area contributed by atoms with Gasteiger partial charge in [0.25, 0.3) is 0 Å². The van der Waals surface area contributed by atoms with Crippen LogP contribution in [0.25, 0.3) is 0 Å². The van der Waals surface area contributed by atoms with Crippen molar-refractivity contribution in [2.45, 2.75) is 25.6 Å². The molecule has 2 nitrogen and oxygen atoms in total. The fraction of sp³-hybridized carbons (Fsp3) is 0.571. The lowest BCUT2D eigenvalue weighted by molar-refractivity contribution is -0.291. The van der Waals surface area contributed by atoms with Crippen molar-refractivity contribution in [2.24, 2.45) is 0 Å². The number of alkyl halides is 5. The second kappa shape index (κ2) is 3.21. The molecule has 0 saturated carbocycles. The molecule has 14 heavy (non-hydrogen) atoms. The highest BCUT2D eigenvalue weighted by molar-refractivity contribution is 5.09. The highest BCUT2D eigenvalue weighted by Gasteiger charge is 2.60. The second-order valence-corrected chi connectivity index (χ2v) is 2.63. The van der Waals surface area contributed by atoms with Gasteiger partial charge in [-0.05, 0) is 13.0 Å². The average Bonchev–Trinajstić information content (AvgIpc) is 2.49. The summed E-state index contributed by atoms with van der Waals surface area (Å²) in [7, 11) is 0. The van der Waals surface area contributed by atoms with Gasteiger partial charge in [-0.25, -0.2) is 0 Å². The Kier molecular flexibility index (Phi) is 2.51. The molecule has 0 N–H and O–H groups in total. The normalized spacial score (nSPS) is 13.3. The second-order valence-electron chi connectivity index (χ2n) is 2.63. The molecule has 0 amide bonds. The summed E-state index contributed by atoms with van der Waals surface area (Å²) in [5.74, 6) is -4.88. The van der Waals surface area contributed by atoms with E-state index in [4.69, 9.17) is 0 Å². The number of aromatic nitrogens is 2. The summed E-state index contributed by atoms with van der Waals surface area (Å²) in [6.45, 7) is 1.83. The Balaban J connectivity index is 3.04. The summed E-state index contributed by atoms with van der Waals surface area (Å²) < 4.78 is 61.7. The van der Waals surface area contributed by atoms with Crippen LogP contribution in [0, 0.1) is 0 Å². The molecular weight excluding hydrogens is 207 g/mol. The maximum atomic E-state index is 12.6. The molecule has 0 aromatic carbocycles. The molecular formula is C7H7F5N2. The third kappa shape index (κ3) is 1.71. The third-order valence-electron chi connectivity index (χ3n) is 1.64. The van der Waals surface area contributed by atoms with Crippen LogP contribution >= 0.6 is 0 Å². The lowest BCUT2D eigenvalue weighted by Gasteiger charge is -2.16. The number of aryl methyl sites for hydroxylation is 1. The lowest BCUT2D eigenvalue weighted by Crippen LogP contribution is -2.34. The molecule has 0 bridgehead atoms. The molecule has 80 valence electrons. The molecule has 1 rings (SSSR count). The molecule has 7 heteroatoms. The van der Waals surface area contributed by atoms with Gasteiger partial charge in [0.05, 0.1) is 0 Å². The minimum absolute atomic E-state index is 0.244. The van der Waals surface area contributed by atoms with Crippen LogP contribution in [-0.2, 0) is 12.5 Å². The van der Waals surface area contributed by atoms with Gasteiger partial charge in [0.2, 0.25) is 0 Å². The largest absolute Gasteiger partial charge is 0.459 e. The molecule has 0 fully saturated rings. The van der Waals surface area contributed by atoms with Gasteiger partial charge in [0.1, 0.15) is 5.69 Å². The maximum Gasteiger partial charge on any atom is 0.459 e. The van der Waals surface area contributed by atoms with E-state index in [1.165, 1.54) is 0 Å². The van der Waals surface area contributed by atoms with Gasteiger partial charge in [0, 0.05) is 12.7 Å². The molecule has 0 aliphatic heterocycles. The van der Waals surface area contributed by atoms with Gasteiger partial charge in [0.15, 0.2) is 0 Å². The van der Waals surface area contributed by atoms with Crippen LogP contribution in [0.4, 0.5) is 22.0 Å². The van der Waals surface area contributed by atoms with Crippen LogP contribution in [-0.4, -0.2) is 16.0 Å². The highest BCUT2D eigenvalue weighted by atomic mass is 19.4. The SMILES string of the molecule is CCn1ccc(C(F)(F)C(F)(F)F)n1. The van der Waals surface area contributed by atoms with E-state index in [0.717, 1.165) is 10.9 Å². The number of rotatable bonds is 2. The van der Waals surface area contributed by atoms with Crippen molar-refractivity contribution in [3.63, 3.8) is 0 Å². The Morgan fingerprint density at radius 1 is 1.29 bits per heavy atom. The maximum absolute atomic E-state index is 12.6. The minimum Gasteiger partial charge on any atom is -0.273 e. The highest BCUT2D eigenvalue weighted by Crippen LogP contribution is 2.42. The first-order chi connectivity index (χ1) is 6.29. The van der Waals surface area contributed by atoms with Crippen molar-refractivity contribution in [1.29, 1.82) is 0 Å². The Morgan fingerprint density at radius 2 is 1.86 bits per heavy atom. The van der Waals surface area contributed by atoms with Gasteiger partial charge < -0.3 is 0 Å². The quantitative estimate of drug-likeness (QED) is 0.692. The van der Waals surface area contributed by atoms with E-state index in [9.17, 15) is 22.0 Å². The predicted molar refractivity (Wildman–Crippen MR) is 37.9 cm³/mol. The van der Waals surface area contributed by atoms with Crippen molar-refractivity contribution in [3.05, 3.63) is 18.0 Å². The molecule has 0 unspecified atom stereocenters. The standard InChI is InChI=1S/C7H7F5N2/c1-2-14-4-3-5(13-14)6(8,9)7(10,11)12/h3-4H,2H2,1H3. The molecule has 1 heterocycles. The van der Waals surface area contributed by atoms with E-state index < -0.39 is 17.8 Å². The zero-order chi connectivity index (χ0) is 11.0. The third-order valence-corrected chi connectivity index (χ3v) is 1.64. The van der Waals surface area contributed by atoms with Gasteiger partial charge in [-0.1, -0.05) is 0 Å². The van der Waals surface area contributed by atoms with E-state index in [1.54, 1.807) is 6.92 Å². The predicted octanol–water partition coefficient (Wildman–Crippen LogP) is 2.56. The van der Waals surface area contributed by atoms with Crippen LogP contribution in [0.2, 0.25) is 0 Å². The van der Waals surface area contributed by atoms with E-state index in [-0.39, 0.29) is 6.54 Å². The first-order valence-corrected chi connectivity index (χ1v) is 3.77. The smallest absolute Gasteiger partial charge is 0.273 e. The van der Waals surface area contributed by atoms with E-state index in [0.29, 0.717) is 6.07 Å². The summed E-state index contributed by atoms with van der Waals surface area (Å²) in [5, 5.41) is 3.11. The summed E-state index contributed by atoms with van der Waals surface area (Å²) in [5.41, 5.74) is -1.27. The summed E-state index contributed by atoms with van der Waals surface area (Å²) in [6, 6.07) is 0.664. The Morgan fingerprint density at radius 3 is 2.21 bits per heavy atom. The first-order valence-electron chi connectivity index (χ1n) is 3.77. The van der Waals surface area contributed by atoms with Crippen molar-refractivity contribution < 1.29 is 22.0 Å². The van der Waals surface area contributed by atoms with Gasteiger partial charge >= 0.3 is 12.1 Å². The van der Waals surface area contributed by atoms with Crippen LogP contribution in [0.15, 0.2) is 12.3 Å². The fourth-order valence-electron chi connectivity index (χ4n) is 0.850. The summed E-state index contributed by atoms with van der Waals surface area (Å²) in [4.78, 5) is 0. The Bertz CT molecular complexity index is 314. The Hall–Kier alpha value is -1.14. The molecule has 0 aliphatic rings. The molecule has 1 aromatic heterocycles. The number of hydrogen-bond donors (Lipinski definition) is 0. The van der Waals surface area contributed by atoms with Crippen LogP contribution < -0.4 is 0 Å². The molecule has 0 aliphatic carbocycles. The van der Waals surface area contributed by atoms with Gasteiger partial charge in [-0.15, -0.1) is 0 Å². The van der Waals surface area contributed by atoms with Gasteiger partial charge in [-0.2, -0.15) is 27.1 Å². The summed E-state index contributed by atoms with van der Waals surface area (Å²) in [6.07, 6.45) is -4.52. The number of halogens is 5. The molecule has 0 saturated heterocycles. The molecule has 0 radical (unpaired) electrons. The lowest BCUT2D eigenvalue weighted by atomic mass is 10.2. The fourth-order valence-corrected chi connectivity index (χ4v) is 0.850. The zero-order valence-electron chi connectivity index (χ0n) is 7.15. The average molecular weight is 214 g/mol. The van der Waals surface area contributed by atoms with Crippen LogP contribution in [0.3, 0.4) is 0 Å². The number of hydrogen-bond acceptors (Lipinski definition) is 1. The van der Waals surface area contributed by atoms with Crippen molar-refractivity contribution in [3.8, 4) is 0 Å². The molecule has 1 aromatic rings. The topological polar surface area (TPSA) is 17.8 Å². The minimum atomic E-state index is -5.60. The van der Waals surface area contributed by atoms with Crippen LogP contribution in [0.1, 0.15) is 12.6 Å². The monoisotopic (exact) mass is 214 g/mol. The van der Waals surface area contributed by atoms with Crippen molar-refractivity contribution in [1.82, 2.24) is 9.78 Å². The van der Waals surface area contributed by atoms with E-state index in [1.807, 2.05) is 0 Å². The van der Waals surface area contributed by atoms with Gasteiger partial charge in [-0.3, -0.25) is 4.68 Å². The molecule has 0 spiro atoms. The van der Waals surface area contributed by atoms with E-state index >= 15 is 0 Å². The first kappa shape index (κ1) is 10.9. The van der Waals surface area contributed by atoms with Crippen molar-refractivity contribution >= 4 is 0 Å². The van der Waals surface area contributed by atoms with Crippen molar-refractivity contribution in [2.75, 3.05) is 0 Å². The van der Waals surface area contributed by atoms with E-state index in [2.05, 4.69) is 5.10 Å². The van der Waals surface area contributed by atoms with Crippen LogP contribution in [0.5, 0.6) is 0 Å². The Labute approximate surface area is 76.3 Å². The molecule has 0 atom stereocenters.